The number of aromatic nitrogens is 1. The zero-order chi connectivity index (χ0) is 18.8. The minimum atomic E-state index is -0.926. The maximum Gasteiger partial charge on any atom is 0.407 e. The van der Waals surface area contributed by atoms with Gasteiger partial charge in [0.25, 0.3) is 0 Å². The van der Waals surface area contributed by atoms with E-state index in [0.29, 0.717) is 43.5 Å². The number of pyridine rings is 1. The molecule has 140 valence electrons. The van der Waals surface area contributed by atoms with E-state index in [1.165, 1.54) is 4.90 Å². The zero-order valence-electron chi connectivity index (χ0n) is 14.6. The molecule has 0 radical (unpaired) electrons. The number of nitrogens with zero attached hydrogens (tertiary/aromatic N) is 3. The Morgan fingerprint density at radius 3 is 2.44 bits per heavy atom. The summed E-state index contributed by atoms with van der Waals surface area (Å²) >= 11 is 0. The van der Waals surface area contributed by atoms with Crippen LogP contribution in [0.4, 0.5) is 15.3 Å². The van der Waals surface area contributed by atoms with Crippen molar-refractivity contribution in [1.29, 1.82) is 0 Å². The van der Waals surface area contributed by atoms with Crippen LogP contribution in [0.3, 0.4) is 0 Å². The summed E-state index contributed by atoms with van der Waals surface area (Å²) in [6, 6.07) is 10.9. The van der Waals surface area contributed by atoms with Crippen molar-refractivity contribution in [3.63, 3.8) is 0 Å². The first kappa shape index (κ1) is 17.1. The molecule has 0 atom stereocenters. The van der Waals surface area contributed by atoms with Crippen LogP contribution in [0.1, 0.15) is 11.5 Å². The number of likely N-dealkylation sites (tertiary alicyclic amines) is 2. The summed E-state index contributed by atoms with van der Waals surface area (Å²) in [6.45, 7) is 2.11. The van der Waals surface area contributed by atoms with Crippen LogP contribution in [0.2, 0.25) is 0 Å². The molecule has 0 bridgehead atoms. The summed E-state index contributed by atoms with van der Waals surface area (Å²) < 4.78 is 5.70. The van der Waals surface area contributed by atoms with Gasteiger partial charge in [0.1, 0.15) is 11.9 Å². The number of hydrogen-bond donors (Lipinski definition) is 2. The minimum Gasteiger partial charge on any atom is -0.487 e. The number of amides is 3. The molecule has 2 saturated heterocycles. The Kier molecular flexibility index (Phi) is 4.53. The molecule has 2 aliphatic rings. The Hall–Kier alpha value is -3.29. The maximum atomic E-state index is 12.3. The van der Waals surface area contributed by atoms with E-state index in [-0.39, 0.29) is 12.1 Å². The van der Waals surface area contributed by atoms with Crippen LogP contribution in [0, 0.1) is 0 Å². The molecule has 27 heavy (non-hydrogen) atoms. The van der Waals surface area contributed by atoms with Gasteiger partial charge >= 0.3 is 12.1 Å². The number of ether oxygens (including phenoxy) is 1. The molecule has 3 heterocycles. The molecular weight excluding hydrogens is 348 g/mol. The summed E-state index contributed by atoms with van der Waals surface area (Å²) in [7, 11) is 0. The summed E-state index contributed by atoms with van der Waals surface area (Å²) in [5.74, 6) is 0.997. The van der Waals surface area contributed by atoms with E-state index in [9.17, 15) is 9.59 Å². The number of urea groups is 1. The Labute approximate surface area is 156 Å². The van der Waals surface area contributed by atoms with Crippen molar-refractivity contribution in [1.82, 2.24) is 14.8 Å². The molecule has 0 aliphatic carbocycles. The second kappa shape index (κ2) is 7.14. The molecule has 0 saturated carbocycles. The summed E-state index contributed by atoms with van der Waals surface area (Å²) in [5.41, 5.74) is 1.85. The highest BCUT2D eigenvalue weighted by Gasteiger charge is 2.33. The van der Waals surface area contributed by atoms with Gasteiger partial charge in [0.05, 0.1) is 13.1 Å². The molecule has 1 aromatic heterocycles. The van der Waals surface area contributed by atoms with Gasteiger partial charge < -0.3 is 25.0 Å². The lowest BCUT2D eigenvalue weighted by atomic mass is 9.93. The first-order valence-electron chi connectivity index (χ1n) is 8.79. The number of rotatable bonds is 4. The van der Waals surface area contributed by atoms with Crippen LogP contribution in [0.5, 0.6) is 5.75 Å². The van der Waals surface area contributed by atoms with Gasteiger partial charge in [-0.25, -0.2) is 9.59 Å². The van der Waals surface area contributed by atoms with Crippen molar-refractivity contribution in [2.24, 2.45) is 0 Å². The molecule has 4 rings (SSSR count). The van der Waals surface area contributed by atoms with E-state index in [4.69, 9.17) is 9.84 Å². The van der Waals surface area contributed by atoms with Crippen molar-refractivity contribution in [2.75, 3.05) is 31.5 Å². The summed E-state index contributed by atoms with van der Waals surface area (Å²) in [6.07, 6.45) is 2.54. The number of carbonyl (C=O) groups excluding carboxylic acids is 1. The fraction of sp³-hybridized carbons (Fsp3) is 0.316. The molecule has 8 nitrogen and oxygen atoms in total. The van der Waals surface area contributed by atoms with Crippen molar-refractivity contribution in [2.45, 2.75) is 12.0 Å². The van der Waals surface area contributed by atoms with E-state index >= 15 is 0 Å². The fourth-order valence-corrected chi connectivity index (χ4v) is 3.15. The van der Waals surface area contributed by atoms with Crippen LogP contribution in [0.15, 0.2) is 48.8 Å². The van der Waals surface area contributed by atoms with E-state index in [1.807, 2.05) is 18.3 Å². The molecule has 8 heteroatoms. The molecular formula is C19H20N4O4. The Morgan fingerprint density at radius 2 is 1.81 bits per heavy atom. The zero-order valence-corrected chi connectivity index (χ0v) is 14.6. The highest BCUT2D eigenvalue weighted by molar-refractivity contribution is 5.90. The van der Waals surface area contributed by atoms with Crippen LogP contribution < -0.4 is 10.1 Å². The second-order valence-corrected chi connectivity index (χ2v) is 6.77. The lowest BCUT2D eigenvalue weighted by Crippen LogP contribution is -2.55. The van der Waals surface area contributed by atoms with Crippen LogP contribution in [0.25, 0.3) is 0 Å². The number of nitrogens with one attached hydrogen (secondary N) is 1. The molecule has 2 aliphatic heterocycles. The quantitative estimate of drug-likeness (QED) is 0.864. The van der Waals surface area contributed by atoms with Gasteiger partial charge in [-0.2, -0.15) is 0 Å². The van der Waals surface area contributed by atoms with Gasteiger partial charge in [-0.1, -0.05) is 6.07 Å². The molecule has 2 aromatic rings. The SMILES string of the molecule is O=C(O)N1CC(Oc2ccc(NC(=O)N3CC(c4cccnc4)C3)cc2)C1. The summed E-state index contributed by atoms with van der Waals surface area (Å²) in [4.78, 5) is 30.2. The topological polar surface area (TPSA) is 95.0 Å². The molecule has 3 amide bonds. The maximum absolute atomic E-state index is 12.3. The lowest BCUT2D eigenvalue weighted by molar-refractivity contribution is 0.0252. The van der Waals surface area contributed by atoms with Crippen LogP contribution >= 0.6 is 0 Å². The number of benzene rings is 1. The third-order valence-electron chi connectivity index (χ3n) is 4.85. The highest BCUT2D eigenvalue weighted by Crippen LogP contribution is 2.27. The Balaban J connectivity index is 1.23. The predicted molar refractivity (Wildman–Crippen MR) is 98.0 cm³/mol. The van der Waals surface area contributed by atoms with Crippen molar-refractivity contribution in [3.05, 3.63) is 54.4 Å². The van der Waals surface area contributed by atoms with Crippen molar-refractivity contribution in [3.8, 4) is 5.75 Å². The van der Waals surface area contributed by atoms with Crippen molar-refractivity contribution < 1.29 is 19.4 Å². The van der Waals surface area contributed by atoms with Gasteiger partial charge in [0, 0.05) is 37.1 Å². The number of carbonyl (C=O) groups is 2. The fourth-order valence-electron chi connectivity index (χ4n) is 3.15. The van der Waals surface area contributed by atoms with Crippen LogP contribution in [-0.4, -0.2) is 64.3 Å². The predicted octanol–water partition coefficient (Wildman–Crippen LogP) is 2.45. The van der Waals surface area contributed by atoms with E-state index < -0.39 is 6.09 Å². The average molecular weight is 368 g/mol. The first-order valence-corrected chi connectivity index (χ1v) is 8.79. The van der Waals surface area contributed by atoms with Gasteiger partial charge in [-0.15, -0.1) is 0 Å². The molecule has 2 fully saturated rings. The normalized spacial score (nSPS) is 17.0. The third kappa shape index (κ3) is 3.79. The largest absolute Gasteiger partial charge is 0.487 e. The smallest absolute Gasteiger partial charge is 0.407 e. The van der Waals surface area contributed by atoms with Gasteiger partial charge in [-0.3, -0.25) is 4.98 Å². The summed E-state index contributed by atoms with van der Waals surface area (Å²) in [5, 5.41) is 11.7. The van der Waals surface area contributed by atoms with E-state index in [0.717, 1.165) is 5.56 Å². The van der Waals surface area contributed by atoms with Gasteiger partial charge in [0.15, 0.2) is 0 Å². The number of hydrogen-bond acceptors (Lipinski definition) is 4. The number of anilines is 1. The highest BCUT2D eigenvalue weighted by atomic mass is 16.5. The molecule has 0 unspecified atom stereocenters. The molecule has 0 spiro atoms. The molecule has 1 aromatic carbocycles. The van der Waals surface area contributed by atoms with Crippen molar-refractivity contribution >= 4 is 17.8 Å². The average Bonchev–Trinajstić information content (AvgIpc) is 2.58. The Bertz CT molecular complexity index is 815. The first-order chi connectivity index (χ1) is 13.1. The van der Waals surface area contributed by atoms with Crippen LogP contribution in [-0.2, 0) is 0 Å². The van der Waals surface area contributed by atoms with E-state index in [2.05, 4.69) is 10.3 Å². The van der Waals surface area contributed by atoms with Gasteiger partial charge in [0.2, 0.25) is 0 Å². The standard InChI is InChI=1S/C19H20N4O4/c24-18(22-9-14(10-22)13-2-1-7-20-8-13)21-15-3-5-16(6-4-15)27-17-11-23(12-17)19(25)26/h1-8,14,17H,9-12H2,(H,21,24)(H,25,26). The molecule has 2 N–H and O–H groups in total. The monoisotopic (exact) mass is 368 g/mol. The van der Waals surface area contributed by atoms with E-state index in [1.54, 1.807) is 35.4 Å². The lowest BCUT2D eigenvalue weighted by Gasteiger charge is -2.39. The Morgan fingerprint density at radius 1 is 1.07 bits per heavy atom. The van der Waals surface area contributed by atoms with Gasteiger partial charge in [-0.05, 0) is 35.9 Å². The third-order valence-corrected chi connectivity index (χ3v) is 4.85. The minimum absolute atomic E-state index is 0.118. The second-order valence-electron chi connectivity index (χ2n) is 6.77. The number of carboxylic acid groups (broad SMARTS) is 1.